The fourth-order valence-electron chi connectivity index (χ4n) is 1.80. The van der Waals surface area contributed by atoms with Crippen molar-refractivity contribution in [3.8, 4) is 0 Å². The van der Waals surface area contributed by atoms with Gasteiger partial charge in [-0.25, -0.2) is 4.39 Å². The molecular weight excluding hydrogens is 384 g/mol. The van der Waals surface area contributed by atoms with Crippen LogP contribution >= 0.6 is 24.0 Å². The van der Waals surface area contributed by atoms with Gasteiger partial charge in [-0.3, -0.25) is 10.1 Å². The first kappa shape index (κ1) is 17.4. The van der Waals surface area contributed by atoms with Crippen molar-refractivity contribution in [2.24, 2.45) is 4.99 Å². The molecule has 0 saturated carbocycles. The monoisotopic (exact) mass is 403 g/mol. The number of aliphatic imine (C=N–C) groups is 1. The Balaban J connectivity index is 0.00000220. The van der Waals surface area contributed by atoms with Gasteiger partial charge in [0.05, 0.1) is 12.2 Å². The number of H-pyrrole nitrogens is 1. The van der Waals surface area contributed by atoms with Gasteiger partial charge in [-0.05, 0) is 30.2 Å². The number of benzene rings is 1. The zero-order chi connectivity index (χ0) is 14.2. The summed E-state index contributed by atoms with van der Waals surface area (Å²) < 4.78 is 13.0. The standard InChI is InChI=1S/C14H18FN5.HI/c1-16-14(18-10-13-6-8-19-20-13)17-7-5-11-3-2-4-12(15)9-11;/h2-4,6,8-9H,5,7,10H2,1H3,(H,19,20)(H2,16,17,18);1H. The molecule has 7 heteroatoms. The highest BCUT2D eigenvalue weighted by Crippen LogP contribution is 2.03. The summed E-state index contributed by atoms with van der Waals surface area (Å²) in [5.41, 5.74) is 1.94. The number of hydrogen-bond acceptors (Lipinski definition) is 2. The van der Waals surface area contributed by atoms with Crippen LogP contribution in [0.5, 0.6) is 0 Å². The molecule has 0 saturated heterocycles. The van der Waals surface area contributed by atoms with E-state index in [1.807, 2.05) is 12.1 Å². The van der Waals surface area contributed by atoms with Crippen LogP contribution < -0.4 is 10.6 Å². The molecule has 114 valence electrons. The van der Waals surface area contributed by atoms with E-state index in [1.54, 1.807) is 25.4 Å². The number of rotatable bonds is 5. The number of guanidine groups is 1. The molecule has 0 aliphatic rings. The fraction of sp³-hybridized carbons (Fsp3) is 0.286. The Bertz CT molecular complexity index is 556. The predicted molar refractivity (Wildman–Crippen MR) is 92.3 cm³/mol. The van der Waals surface area contributed by atoms with Crippen LogP contribution in [0.4, 0.5) is 4.39 Å². The molecule has 5 nitrogen and oxygen atoms in total. The molecule has 0 amide bonds. The number of nitrogens with one attached hydrogen (secondary N) is 3. The van der Waals surface area contributed by atoms with Gasteiger partial charge in [-0.2, -0.15) is 5.10 Å². The zero-order valence-corrected chi connectivity index (χ0v) is 14.1. The van der Waals surface area contributed by atoms with Crippen molar-refractivity contribution in [2.75, 3.05) is 13.6 Å². The van der Waals surface area contributed by atoms with Crippen LogP contribution in [-0.4, -0.2) is 29.7 Å². The van der Waals surface area contributed by atoms with Gasteiger partial charge in [0.15, 0.2) is 5.96 Å². The molecule has 3 N–H and O–H groups in total. The third kappa shape index (κ3) is 6.11. The summed E-state index contributed by atoms with van der Waals surface area (Å²) in [6.45, 7) is 1.31. The first-order chi connectivity index (χ1) is 9.78. The molecule has 1 heterocycles. The van der Waals surface area contributed by atoms with Crippen LogP contribution in [0.3, 0.4) is 0 Å². The molecule has 0 aliphatic heterocycles. The molecular formula is C14H19FIN5. The van der Waals surface area contributed by atoms with Crippen LogP contribution in [0.1, 0.15) is 11.3 Å². The second kappa shape index (κ2) is 9.32. The number of aromatic amines is 1. The average molecular weight is 403 g/mol. The highest BCUT2D eigenvalue weighted by Gasteiger charge is 2.00. The molecule has 1 aromatic carbocycles. The van der Waals surface area contributed by atoms with Gasteiger partial charge in [-0.15, -0.1) is 24.0 Å². The van der Waals surface area contributed by atoms with Crippen molar-refractivity contribution in [3.63, 3.8) is 0 Å². The SMILES string of the molecule is CN=C(NCCc1cccc(F)c1)NCc1ccn[nH]1.I. The highest BCUT2D eigenvalue weighted by molar-refractivity contribution is 14.0. The van der Waals surface area contributed by atoms with Crippen molar-refractivity contribution in [1.82, 2.24) is 20.8 Å². The van der Waals surface area contributed by atoms with Crippen molar-refractivity contribution >= 4 is 29.9 Å². The summed E-state index contributed by atoms with van der Waals surface area (Å²) in [6.07, 6.45) is 2.44. The first-order valence-corrected chi connectivity index (χ1v) is 6.45. The zero-order valence-electron chi connectivity index (χ0n) is 11.8. The summed E-state index contributed by atoms with van der Waals surface area (Å²) in [5, 5.41) is 13.1. The second-order valence-electron chi connectivity index (χ2n) is 4.31. The van der Waals surface area contributed by atoms with Gasteiger partial charge in [0.1, 0.15) is 5.82 Å². The topological polar surface area (TPSA) is 65.1 Å². The Morgan fingerprint density at radius 1 is 1.33 bits per heavy atom. The van der Waals surface area contributed by atoms with E-state index < -0.39 is 0 Å². The largest absolute Gasteiger partial charge is 0.356 e. The second-order valence-corrected chi connectivity index (χ2v) is 4.31. The van der Waals surface area contributed by atoms with Crippen LogP contribution in [0.2, 0.25) is 0 Å². The van der Waals surface area contributed by atoms with E-state index >= 15 is 0 Å². The van der Waals surface area contributed by atoms with Crippen LogP contribution in [-0.2, 0) is 13.0 Å². The van der Waals surface area contributed by atoms with E-state index in [4.69, 9.17) is 0 Å². The molecule has 0 atom stereocenters. The molecule has 0 bridgehead atoms. The highest BCUT2D eigenvalue weighted by atomic mass is 127. The maximum absolute atomic E-state index is 13.0. The maximum atomic E-state index is 13.0. The van der Waals surface area contributed by atoms with Gasteiger partial charge in [0.25, 0.3) is 0 Å². The Morgan fingerprint density at radius 3 is 2.86 bits per heavy atom. The van der Waals surface area contributed by atoms with Gasteiger partial charge in [0.2, 0.25) is 0 Å². The molecule has 2 aromatic rings. The van der Waals surface area contributed by atoms with Gasteiger partial charge >= 0.3 is 0 Å². The Kier molecular flexibility index (Phi) is 7.73. The van der Waals surface area contributed by atoms with Crippen LogP contribution in [0.15, 0.2) is 41.5 Å². The number of nitrogens with zero attached hydrogens (tertiary/aromatic N) is 2. The predicted octanol–water partition coefficient (Wildman–Crippen LogP) is 2.07. The number of hydrogen-bond donors (Lipinski definition) is 3. The lowest BCUT2D eigenvalue weighted by atomic mass is 10.1. The smallest absolute Gasteiger partial charge is 0.191 e. The van der Waals surface area contributed by atoms with Crippen LogP contribution in [0, 0.1) is 5.82 Å². The van der Waals surface area contributed by atoms with Crippen molar-refractivity contribution in [3.05, 3.63) is 53.6 Å². The summed E-state index contributed by atoms with van der Waals surface area (Å²) in [6, 6.07) is 8.51. The van der Waals surface area contributed by atoms with Gasteiger partial charge in [-0.1, -0.05) is 12.1 Å². The molecule has 0 unspecified atom stereocenters. The van der Waals surface area contributed by atoms with Crippen molar-refractivity contribution in [2.45, 2.75) is 13.0 Å². The lowest BCUT2D eigenvalue weighted by Crippen LogP contribution is -2.37. The lowest BCUT2D eigenvalue weighted by molar-refractivity contribution is 0.625. The van der Waals surface area contributed by atoms with Gasteiger partial charge < -0.3 is 10.6 Å². The summed E-state index contributed by atoms with van der Waals surface area (Å²) >= 11 is 0. The minimum Gasteiger partial charge on any atom is -0.356 e. The summed E-state index contributed by atoms with van der Waals surface area (Å²) in [4.78, 5) is 4.12. The Labute approximate surface area is 140 Å². The van der Waals surface area contributed by atoms with E-state index in [9.17, 15) is 4.39 Å². The summed E-state index contributed by atoms with van der Waals surface area (Å²) in [7, 11) is 1.71. The fourth-order valence-corrected chi connectivity index (χ4v) is 1.80. The quantitative estimate of drug-likeness (QED) is 0.407. The van der Waals surface area contributed by atoms with E-state index in [-0.39, 0.29) is 29.8 Å². The molecule has 0 aliphatic carbocycles. The minimum atomic E-state index is -0.204. The maximum Gasteiger partial charge on any atom is 0.191 e. The van der Waals surface area contributed by atoms with E-state index in [1.165, 1.54) is 6.07 Å². The molecule has 2 rings (SSSR count). The lowest BCUT2D eigenvalue weighted by Gasteiger charge is -2.11. The average Bonchev–Trinajstić information content (AvgIpc) is 2.96. The van der Waals surface area contributed by atoms with Crippen molar-refractivity contribution in [1.29, 1.82) is 0 Å². The molecule has 1 aromatic heterocycles. The minimum absolute atomic E-state index is 0. The molecule has 21 heavy (non-hydrogen) atoms. The van der Waals surface area contributed by atoms with Crippen molar-refractivity contribution < 1.29 is 4.39 Å². The molecule has 0 radical (unpaired) electrons. The third-order valence-electron chi connectivity index (χ3n) is 2.82. The normalized spacial score (nSPS) is 10.9. The molecule has 0 spiro atoms. The van der Waals surface area contributed by atoms with Gasteiger partial charge in [0, 0.05) is 19.8 Å². The molecule has 0 fully saturated rings. The number of halogens is 2. The third-order valence-corrected chi connectivity index (χ3v) is 2.82. The van der Waals surface area contributed by atoms with Crippen LogP contribution in [0.25, 0.3) is 0 Å². The summed E-state index contributed by atoms with van der Waals surface area (Å²) in [5.74, 6) is 0.500. The Hall–Kier alpha value is -1.64. The first-order valence-electron chi connectivity index (χ1n) is 6.45. The van der Waals surface area contributed by atoms with E-state index in [0.717, 1.165) is 17.7 Å². The number of aromatic nitrogens is 2. The van der Waals surface area contributed by atoms with E-state index in [2.05, 4.69) is 25.8 Å². The Morgan fingerprint density at radius 2 is 2.19 bits per heavy atom. The van der Waals surface area contributed by atoms with E-state index in [0.29, 0.717) is 19.0 Å².